The maximum Gasteiger partial charge on any atom is 0.289 e. The Morgan fingerprint density at radius 3 is 2.06 bits per heavy atom. The number of hydrogen-bond acceptors (Lipinski definition) is 2. The molecule has 0 spiro atoms. The van der Waals surface area contributed by atoms with Crippen LogP contribution in [0.25, 0.3) is 0 Å². The number of rotatable bonds is 6. The van der Waals surface area contributed by atoms with Crippen molar-refractivity contribution in [3.63, 3.8) is 0 Å². The Balaban J connectivity index is 3.09. The van der Waals surface area contributed by atoms with Gasteiger partial charge >= 0.3 is 0 Å². The summed E-state index contributed by atoms with van der Waals surface area (Å²) in [7, 11) is -2.08. The van der Waals surface area contributed by atoms with E-state index in [0.717, 1.165) is 24.9 Å². The van der Waals surface area contributed by atoms with Crippen molar-refractivity contribution < 1.29 is 9.22 Å². The molecule has 0 aromatic heterocycles. The minimum atomic E-state index is -2.08. The zero-order chi connectivity index (χ0) is 12.7. The molecule has 0 N–H and O–H groups in total. The molecule has 0 unspecified atom stereocenters. The fourth-order valence-corrected chi connectivity index (χ4v) is 6.51. The second-order valence-electron chi connectivity index (χ2n) is 4.45. The molecule has 0 atom stereocenters. The molecule has 0 aliphatic carbocycles. The topological polar surface area (TPSA) is 26.3 Å². The summed E-state index contributed by atoms with van der Waals surface area (Å²) in [5.74, 6) is -0.137. The van der Waals surface area contributed by atoms with Gasteiger partial charge in [0.1, 0.15) is 0 Å². The third-order valence-corrected chi connectivity index (χ3v) is 7.63. The first-order valence-electron chi connectivity index (χ1n) is 6.39. The van der Waals surface area contributed by atoms with Gasteiger partial charge in [0.05, 0.1) is 0 Å². The standard InChI is InChI=1S/C14H22O2Si/c1-4-11-17(12-5-2,16-13(3)15)14-9-7-6-8-10-14/h6-10H,4-5,11-12H2,1-3H3. The molecule has 0 radical (unpaired) electrons. The fourth-order valence-electron chi connectivity index (χ4n) is 2.40. The molecule has 1 aromatic carbocycles. The van der Waals surface area contributed by atoms with Crippen molar-refractivity contribution >= 4 is 19.5 Å². The van der Waals surface area contributed by atoms with E-state index in [1.807, 2.05) is 18.2 Å². The Morgan fingerprint density at radius 2 is 1.65 bits per heavy atom. The molecule has 0 saturated heterocycles. The van der Waals surface area contributed by atoms with E-state index in [0.29, 0.717) is 0 Å². The van der Waals surface area contributed by atoms with E-state index in [-0.39, 0.29) is 5.97 Å². The predicted octanol–water partition coefficient (Wildman–Crippen LogP) is 3.22. The van der Waals surface area contributed by atoms with Crippen LogP contribution in [0, 0.1) is 0 Å². The van der Waals surface area contributed by atoms with Gasteiger partial charge in [-0.05, 0) is 17.3 Å². The normalized spacial score (nSPS) is 11.2. The highest BCUT2D eigenvalue weighted by Gasteiger charge is 2.38. The van der Waals surface area contributed by atoms with E-state index >= 15 is 0 Å². The Hall–Kier alpha value is -1.09. The SMILES string of the molecule is CCC[Si](CCC)(OC(C)=O)c1ccccc1. The molecular formula is C14H22O2Si. The van der Waals surface area contributed by atoms with Crippen molar-refractivity contribution in [3.8, 4) is 0 Å². The van der Waals surface area contributed by atoms with Gasteiger partial charge in [-0.25, -0.2) is 0 Å². The first-order valence-corrected chi connectivity index (χ1v) is 8.72. The molecule has 0 saturated carbocycles. The molecule has 0 amide bonds. The van der Waals surface area contributed by atoms with Crippen LogP contribution in [-0.4, -0.2) is 14.3 Å². The molecule has 0 aliphatic rings. The highest BCUT2D eigenvalue weighted by Crippen LogP contribution is 2.21. The number of carbonyl (C=O) groups is 1. The van der Waals surface area contributed by atoms with Gasteiger partial charge in [-0.3, -0.25) is 4.79 Å². The first-order chi connectivity index (χ1) is 8.14. The van der Waals surface area contributed by atoms with Gasteiger partial charge in [-0.2, -0.15) is 0 Å². The van der Waals surface area contributed by atoms with Crippen molar-refractivity contribution in [2.75, 3.05) is 0 Å². The van der Waals surface area contributed by atoms with Crippen molar-refractivity contribution in [1.29, 1.82) is 0 Å². The fraction of sp³-hybridized carbons (Fsp3) is 0.500. The molecule has 1 rings (SSSR count). The zero-order valence-corrected chi connectivity index (χ0v) is 12.0. The van der Waals surface area contributed by atoms with Crippen LogP contribution in [-0.2, 0) is 9.22 Å². The Morgan fingerprint density at radius 1 is 1.12 bits per heavy atom. The summed E-state index contributed by atoms with van der Waals surface area (Å²) in [4.78, 5) is 11.4. The van der Waals surface area contributed by atoms with Crippen LogP contribution < -0.4 is 5.19 Å². The number of benzene rings is 1. The molecule has 17 heavy (non-hydrogen) atoms. The Labute approximate surface area is 105 Å². The summed E-state index contributed by atoms with van der Waals surface area (Å²) in [5.41, 5.74) is 0. The summed E-state index contributed by atoms with van der Waals surface area (Å²) in [6.45, 7) is 5.84. The lowest BCUT2D eigenvalue weighted by Gasteiger charge is -2.30. The van der Waals surface area contributed by atoms with Gasteiger partial charge in [-0.15, -0.1) is 0 Å². The number of carbonyl (C=O) groups excluding carboxylic acids is 1. The quantitative estimate of drug-likeness (QED) is 0.725. The minimum Gasteiger partial charge on any atom is -0.515 e. The lowest BCUT2D eigenvalue weighted by Crippen LogP contribution is -2.51. The molecule has 1 aromatic rings. The Kier molecular flexibility index (Phi) is 5.42. The summed E-state index contributed by atoms with van der Waals surface area (Å²) in [6, 6.07) is 12.3. The van der Waals surface area contributed by atoms with E-state index in [1.165, 1.54) is 12.1 Å². The van der Waals surface area contributed by atoms with Crippen molar-refractivity contribution in [2.45, 2.75) is 45.7 Å². The second-order valence-corrected chi connectivity index (χ2v) is 8.22. The third kappa shape index (κ3) is 3.70. The Bertz CT molecular complexity index is 342. The monoisotopic (exact) mass is 250 g/mol. The zero-order valence-electron chi connectivity index (χ0n) is 11.0. The number of hydrogen-bond donors (Lipinski definition) is 0. The summed E-state index contributed by atoms with van der Waals surface area (Å²) >= 11 is 0. The van der Waals surface area contributed by atoms with Crippen LogP contribution in [0.5, 0.6) is 0 Å². The summed E-state index contributed by atoms with van der Waals surface area (Å²) < 4.78 is 5.80. The van der Waals surface area contributed by atoms with Crippen LogP contribution in [0.4, 0.5) is 0 Å². The molecule has 0 heterocycles. The molecular weight excluding hydrogens is 228 g/mol. The molecule has 3 heteroatoms. The highest BCUT2D eigenvalue weighted by molar-refractivity contribution is 6.87. The average molecular weight is 250 g/mol. The van der Waals surface area contributed by atoms with E-state index in [9.17, 15) is 4.79 Å². The van der Waals surface area contributed by atoms with E-state index in [4.69, 9.17) is 4.43 Å². The highest BCUT2D eigenvalue weighted by atomic mass is 28.4. The largest absolute Gasteiger partial charge is 0.515 e. The second kappa shape index (κ2) is 6.60. The first kappa shape index (κ1) is 14.0. The average Bonchev–Trinajstić information content (AvgIpc) is 2.30. The maximum absolute atomic E-state index is 11.4. The van der Waals surface area contributed by atoms with E-state index in [1.54, 1.807) is 0 Å². The minimum absolute atomic E-state index is 0.137. The van der Waals surface area contributed by atoms with Gasteiger partial charge in [0.15, 0.2) is 0 Å². The van der Waals surface area contributed by atoms with Gasteiger partial charge in [0, 0.05) is 6.92 Å². The van der Waals surface area contributed by atoms with Gasteiger partial charge in [0.25, 0.3) is 14.3 Å². The smallest absolute Gasteiger partial charge is 0.289 e. The van der Waals surface area contributed by atoms with Crippen LogP contribution in [0.15, 0.2) is 30.3 Å². The predicted molar refractivity (Wildman–Crippen MR) is 73.8 cm³/mol. The van der Waals surface area contributed by atoms with E-state index in [2.05, 4.69) is 26.0 Å². The van der Waals surface area contributed by atoms with Crippen molar-refractivity contribution in [2.24, 2.45) is 0 Å². The summed E-state index contributed by atoms with van der Waals surface area (Å²) in [5, 5.41) is 1.25. The lowest BCUT2D eigenvalue weighted by atomic mass is 10.4. The molecule has 2 nitrogen and oxygen atoms in total. The van der Waals surface area contributed by atoms with Crippen LogP contribution in [0.3, 0.4) is 0 Å². The maximum atomic E-state index is 11.4. The van der Waals surface area contributed by atoms with Gasteiger partial charge in [-0.1, -0.05) is 57.0 Å². The lowest BCUT2D eigenvalue weighted by molar-refractivity contribution is -0.132. The molecule has 0 bridgehead atoms. The summed E-state index contributed by atoms with van der Waals surface area (Å²) in [6.07, 6.45) is 2.13. The van der Waals surface area contributed by atoms with Crippen LogP contribution >= 0.6 is 0 Å². The van der Waals surface area contributed by atoms with Crippen LogP contribution in [0.2, 0.25) is 12.1 Å². The molecule has 0 aliphatic heterocycles. The van der Waals surface area contributed by atoms with Crippen molar-refractivity contribution in [1.82, 2.24) is 0 Å². The van der Waals surface area contributed by atoms with Crippen LogP contribution in [0.1, 0.15) is 33.6 Å². The van der Waals surface area contributed by atoms with Gasteiger partial charge < -0.3 is 4.43 Å². The molecule has 0 fully saturated rings. The third-order valence-electron chi connectivity index (χ3n) is 2.95. The van der Waals surface area contributed by atoms with Gasteiger partial charge in [0.2, 0.25) is 0 Å². The van der Waals surface area contributed by atoms with E-state index < -0.39 is 8.32 Å². The molecule has 94 valence electrons. The van der Waals surface area contributed by atoms with Crippen molar-refractivity contribution in [3.05, 3.63) is 30.3 Å².